The van der Waals surface area contributed by atoms with Gasteiger partial charge in [-0.1, -0.05) is 27.5 Å². The average Bonchev–Trinajstić information content (AvgIpc) is 2.43. The van der Waals surface area contributed by atoms with Gasteiger partial charge >= 0.3 is 0 Å². The van der Waals surface area contributed by atoms with Gasteiger partial charge in [0.15, 0.2) is 0 Å². The van der Waals surface area contributed by atoms with Crippen molar-refractivity contribution in [1.82, 2.24) is 0 Å². The molecule has 2 aromatic carbocycles. The van der Waals surface area contributed by atoms with Crippen molar-refractivity contribution in [3.05, 3.63) is 51.5 Å². The number of hydrogen-bond acceptors (Lipinski definition) is 4. The Labute approximate surface area is 135 Å². The zero-order valence-electron chi connectivity index (χ0n) is 10.5. The summed E-state index contributed by atoms with van der Waals surface area (Å²) in [7, 11) is -3.94. The smallest absolute Gasteiger partial charge is 0.264 e. The predicted octanol–water partition coefficient (Wildman–Crippen LogP) is 3.36. The van der Waals surface area contributed by atoms with Gasteiger partial charge in [0.25, 0.3) is 10.0 Å². The molecule has 21 heavy (non-hydrogen) atoms. The van der Waals surface area contributed by atoms with Crippen LogP contribution in [0.2, 0.25) is 5.02 Å². The molecule has 0 heterocycles. The van der Waals surface area contributed by atoms with Crippen LogP contribution in [-0.2, 0) is 10.0 Å². The molecule has 0 aliphatic heterocycles. The number of sulfonamides is 1. The van der Waals surface area contributed by atoms with Crippen molar-refractivity contribution in [1.29, 1.82) is 5.26 Å². The van der Waals surface area contributed by atoms with Gasteiger partial charge in [0.05, 0.1) is 16.9 Å². The van der Waals surface area contributed by atoms with Crippen LogP contribution in [0.4, 0.5) is 11.4 Å². The van der Waals surface area contributed by atoms with Crippen LogP contribution in [0.25, 0.3) is 0 Å². The summed E-state index contributed by atoms with van der Waals surface area (Å²) >= 11 is 9.02. The molecular formula is C13H9BrClN3O2S. The van der Waals surface area contributed by atoms with Crippen molar-refractivity contribution in [3.8, 4) is 6.07 Å². The topological polar surface area (TPSA) is 96.0 Å². The van der Waals surface area contributed by atoms with E-state index >= 15 is 0 Å². The maximum Gasteiger partial charge on any atom is 0.264 e. The average molecular weight is 387 g/mol. The van der Waals surface area contributed by atoms with E-state index in [0.717, 1.165) is 0 Å². The number of benzene rings is 2. The molecule has 0 fully saturated rings. The van der Waals surface area contributed by atoms with Gasteiger partial charge in [-0.3, -0.25) is 4.72 Å². The molecule has 0 saturated carbocycles. The van der Waals surface area contributed by atoms with Crippen LogP contribution in [-0.4, -0.2) is 8.42 Å². The van der Waals surface area contributed by atoms with Crippen LogP contribution in [0.1, 0.15) is 5.56 Å². The Morgan fingerprint density at radius 3 is 2.62 bits per heavy atom. The number of halogens is 2. The van der Waals surface area contributed by atoms with Crippen molar-refractivity contribution >= 4 is 48.9 Å². The zero-order valence-corrected chi connectivity index (χ0v) is 13.6. The fourth-order valence-electron chi connectivity index (χ4n) is 1.64. The molecule has 2 aromatic rings. The molecule has 0 radical (unpaired) electrons. The van der Waals surface area contributed by atoms with Crippen molar-refractivity contribution < 1.29 is 8.42 Å². The first-order valence-corrected chi connectivity index (χ1v) is 8.26. The van der Waals surface area contributed by atoms with Gasteiger partial charge in [0.1, 0.15) is 11.0 Å². The van der Waals surface area contributed by atoms with E-state index in [1.165, 1.54) is 30.3 Å². The third kappa shape index (κ3) is 3.47. The number of anilines is 2. The quantitative estimate of drug-likeness (QED) is 0.791. The minimum absolute atomic E-state index is 0.0718. The fraction of sp³-hybridized carbons (Fsp3) is 0. The summed E-state index contributed by atoms with van der Waals surface area (Å²) in [6.45, 7) is 0. The number of rotatable bonds is 3. The Morgan fingerprint density at radius 2 is 1.95 bits per heavy atom. The van der Waals surface area contributed by atoms with Crippen LogP contribution in [0.5, 0.6) is 0 Å². The van der Waals surface area contributed by atoms with Gasteiger partial charge in [0.2, 0.25) is 0 Å². The molecule has 3 N–H and O–H groups in total. The highest BCUT2D eigenvalue weighted by Crippen LogP contribution is 2.27. The van der Waals surface area contributed by atoms with Gasteiger partial charge in [-0.25, -0.2) is 8.42 Å². The van der Waals surface area contributed by atoms with Crippen molar-refractivity contribution in [2.24, 2.45) is 0 Å². The van der Waals surface area contributed by atoms with E-state index in [9.17, 15) is 8.42 Å². The van der Waals surface area contributed by atoms with Gasteiger partial charge in [-0.05, 0) is 36.4 Å². The number of nitrogen functional groups attached to an aromatic ring is 1. The monoisotopic (exact) mass is 385 g/mol. The van der Waals surface area contributed by atoms with Crippen LogP contribution in [0, 0.1) is 11.3 Å². The summed E-state index contributed by atoms with van der Waals surface area (Å²) in [5.74, 6) is 0. The number of hydrogen-bond donors (Lipinski definition) is 2. The van der Waals surface area contributed by atoms with Gasteiger partial charge < -0.3 is 5.73 Å². The van der Waals surface area contributed by atoms with Crippen LogP contribution in [0.3, 0.4) is 0 Å². The van der Waals surface area contributed by atoms with Crippen LogP contribution < -0.4 is 10.5 Å². The van der Waals surface area contributed by atoms with Crippen molar-refractivity contribution in [2.45, 2.75) is 4.90 Å². The number of nitrogens with one attached hydrogen (secondary N) is 1. The lowest BCUT2D eigenvalue weighted by molar-refractivity contribution is 0.601. The molecule has 0 atom stereocenters. The minimum Gasteiger partial charge on any atom is -0.398 e. The minimum atomic E-state index is -3.94. The Morgan fingerprint density at radius 1 is 1.24 bits per heavy atom. The molecule has 0 aliphatic rings. The normalized spacial score (nSPS) is 10.9. The highest BCUT2D eigenvalue weighted by atomic mass is 79.9. The predicted molar refractivity (Wildman–Crippen MR) is 85.5 cm³/mol. The van der Waals surface area contributed by atoms with Gasteiger partial charge in [-0.2, -0.15) is 5.26 Å². The summed E-state index contributed by atoms with van der Waals surface area (Å²) in [6, 6.07) is 10.7. The van der Waals surface area contributed by atoms with Gasteiger partial charge in [-0.15, -0.1) is 0 Å². The molecule has 0 bridgehead atoms. The standard InChI is InChI=1S/C13H9BrClN3O2S/c14-9-1-4-12(8(5-9)7-16)18-21(19,20)13-6-10(15)2-3-11(13)17/h1-6,18H,17H2. The number of nitrogens with zero attached hydrogens (tertiary/aromatic N) is 1. The largest absolute Gasteiger partial charge is 0.398 e. The summed E-state index contributed by atoms with van der Waals surface area (Å²) in [6.07, 6.45) is 0. The van der Waals surface area contributed by atoms with E-state index in [2.05, 4.69) is 20.7 Å². The molecule has 108 valence electrons. The SMILES string of the molecule is N#Cc1cc(Br)ccc1NS(=O)(=O)c1cc(Cl)ccc1N. The third-order valence-corrected chi connectivity index (χ3v) is 4.76. The molecule has 0 amide bonds. The Hall–Kier alpha value is -1.75. The second-order valence-corrected chi connectivity index (χ2v) is 7.09. The molecule has 5 nitrogen and oxygen atoms in total. The highest BCUT2D eigenvalue weighted by molar-refractivity contribution is 9.10. The van der Waals surface area contributed by atoms with E-state index in [0.29, 0.717) is 4.47 Å². The van der Waals surface area contributed by atoms with Crippen LogP contribution in [0.15, 0.2) is 45.8 Å². The maximum atomic E-state index is 12.4. The Bertz CT molecular complexity index is 847. The van der Waals surface area contributed by atoms with E-state index in [1.54, 1.807) is 6.07 Å². The Kier molecular flexibility index (Phi) is 4.42. The Balaban J connectivity index is 2.48. The molecule has 2 rings (SSSR count). The van der Waals surface area contributed by atoms with Crippen molar-refractivity contribution in [3.63, 3.8) is 0 Å². The lowest BCUT2D eigenvalue weighted by atomic mass is 10.2. The first-order chi connectivity index (χ1) is 9.83. The maximum absolute atomic E-state index is 12.4. The summed E-state index contributed by atoms with van der Waals surface area (Å²) in [4.78, 5) is -0.137. The first-order valence-electron chi connectivity index (χ1n) is 5.61. The van der Waals surface area contributed by atoms with Crippen LogP contribution >= 0.6 is 27.5 Å². The van der Waals surface area contributed by atoms with E-state index < -0.39 is 10.0 Å². The summed E-state index contributed by atoms with van der Waals surface area (Å²) in [5.41, 5.74) is 6.10. The van der Waals surface area contributed by atoms with Gasteiger partial charge in [0, 0.05) is 9.50 Å². The summed E-state index contributed by atoms with van der Waals surface area (Å²) < 4.78 is 27.7. The van der Waals surface area contributed by atoms with E-state index in [-0.39, 0.29) is 26.9 Å². The fourth-order valence-corrected chi connectivity index (χ4v) is 3.47. The number of nitrogens with two attached hydrogens (primary N) is 1. The second kappa shape index (κ2) is 5.93. The lowest BCUT2D eigenvalue weighted by Crippen LogP contribution is -2.15. The second-order valence-electron chi connectivity index (χ2n) is 4.09. The highest BCUT2D eigenvalue weighted by Gasteiger charge is 2.19. The summed E-state index contributed by atoms with van der Waals surface area (Å²) in [5, 5.41) is 9.31. The van der Waals surface area contributed by atoms with E-state index in [4.69, 9.17) is 22.6 Å². The molecule has 0 saturated heterocycles. The van der Waals surface area contributed by atoms with Crippen molar-refractivity contribution in [2.75, 3.05) is 10.5 Å². The molecule has 0 aliphatic carbocycles. The zero-order chi connectivity index (χ0) is 15.6. The molecule has 0 aromatic heterocycles. The van der Waals surface area contributed by atoms with E-state index in [1.807, 2.05) is 6.07 Å². The number of nitriles is 1. The molecule has 0 unspecified atom stereocenters. The molecule has 0 spiro atoms. The molecule has 8 heteroatoms. The lowest BCUT2D eigenvalue weighted by Gasteiger charge is -2.11. The first kappa shape index (κ1) is 15.6. The molecular weight excluding hydrogens is 378 g/mol. The third-order valence-electron chi connectivity index (χ3n) is 2.61.